The molecule has 9 heteroatoms. The van der Waals surface area contributed by atoms with Gasteiger partial charge in [-0.25, -0.2) is 14.4 Å². The van der Waals surface area contributed by atoms with Crippen LogP contribution in [0.3, 0.4) is 0 Å². The van der Waals surface area contributed by atoms with E-state index in [4.69, 9.17) is 27.3 Å². The number of halogens is 2. The molecular weight excluding hydrogens is 503 g/mol. The van der Waals surface area contributed by atoms with Crippen LogP contribution in [0.5, 0.6) is 0 Å². The van der Waals surface area contributed by atoms with Crippen LogP contribution in [0, 0.1) is 11.7 Å². The number of carbonyl (C=O) groups is 1. The van der Waals surface area contributed by atoms with E-state index < -0.39 is 0 Å². The average Bonchev–Trinajstić information content (AvgIpc) is 3.05. The first-order valence-corrected chi connectivity index (χ1v) is 12.7. The van der Waals surface area contributed by atoms with Gasteiger partial charge < -0.3 is 16.0 Å². The lowest BCUT2D eigenvalue weighted by Gasteiger charge is -2.38. The van der Waals surface area contributed by atoms with Crippen LogP contribution >= 0.6 is 11.6 Å². The van der Waals surface area contributed by atoms with Crippen LogP contribution in [0.15, 0.2) is 77.9 Å². The van der Waals surface area contributed by atoms with Crippen molar-refractivity contribution in [3.8, 4) is 11.3 Å². The number of nitrogens with two attached hydrogens (primary N) is 1. The van der Waals surface area contributed by atoms with Gasteiger partial charge in [-0.05, 0) is 55.1 Å². The van der Waals surface area contributed by atoms with Crippen LogP contribution in [0.2, 0.25) is 5.02 Å². The molecule has 3 aromatic carbocycles. The molecule has 7 nitrogen and oxygen atoms in total. The van der Waals surface area contributed by atoms with E-state index in [0.717, 1.165) is 16.8 Å². The van der Waals surface area contributed by atoms with Gasteiger partial charge in [0.15, 0.2) is 0 Å². The molecule has 190 valence electrons. The maximum atomic E-state index is 14.7. The second-order valence-electron chi connectivity index (χ2n) is 9.42. The Morgan fingerprint density at radius 1 is 1.05 bits per heavy atom. The Bertz CT molecular complexity index is 1570. The van der Waals surface area contributed by atoms with Gasteiger partial charge in [-0.15, -0.1) is 0 Å². The second kappa shape index (κ2) is 9.96. The number of carbonyl (C=O) groups excluding carboxylic acids is 1. The molecule has 2 aliphatic rings. The Morgan fingerprint density at radius 3 is 2.61 bits per heavy atom. The highest BCUT2D eigenvalue weighted by Crippen LogP contribution is 2.34. The summed E-state index contributed by atoms with van der Waals surface area (Å²) in [6.45, 7) is 2.30. The number of anilines is 2. The molecule has 3 heterocycles. The minimum atomic E-state index is -0.355. The Labute approximate surface area is 224 Å². The monoisotopic (exact) mass is 526 g/mol. The van der Waals surface area contributed by atoms with E-state index in [2.05, 4.69) is 10.3 Å². The van der Waals surface area contributed by atoms with Gasteiger partial charge in [0, 0.05) is 63.7 Å². The fourth-order valence-electron chi connectivity index (χ4n) is 4.76. The van der Waals surface area contributed by atoms with Gasteiger partial charge in [0.25, 0.3) is 5.91 Å². The molecule has 0 atom stereocenters. The second-order valence-corrected chi connectivity index (χ2v) is 9.85. The molecule has 1 amide bonds. The fourth-order valence-corrected chi connectivity index (χ4v) is 4.93. The lowest BCUT2D eigenvalue weighted by molar-refractivity contribution is 0.0515. The van der Waals surface area contributed by atoms with E-state index in [-0.39, 0.29) is 11.7 Å². The van der Waals surface area contributed by atoms with Crippen molar-refractivity contribution < 1.29 is 9.18 Å². The van der Waals surface area contributed by atoms with Gasteiger partial charge in [0.2, 0.25) is 5.95 Å². The van der Waals surface area contributed by atoms with Crippen molar-refractivity contribution in [1.29, 1.82) is 0 Å². The van der Waals surface area contributed by atoms with E-state index in [9.17, 15) is 9.18 Å². The summed E-state index contributed by atoms with van der Waals surface area (Å²) in [5.41, 5.74) is 11.0. The number of aromatic nitrogens is 2. The largest absolute Gasteiger partial charge is 0.338 e. The highest BCUT2D eigenvalue weighted by Gasteiger charge is 2.30. The first kappa shape index (κ1) is 24.2. The zero-order valence-electron chi connectivity index (χ0n) is 20.4. The minimum absolute atomic E-state index is 0.00320. The van der Waals surface area contributed by atoms with Crippen LogP contribution < -0.4 is 11.1 Å². The average molecular weight is 527 g/mol. The third-order valence-corrected chi connectivity index (χ3v) is 7.09. The van der Waals surface area contributed by atoms with Crippen molar-refractivity contribution >= 4 is 34.9 Å². The van der Waals surface area contributed by atoms with Gasteiger partial charge >= 0.3 is 0 Å². The highest BCUT2D eigenvalue weighted by molar-refractivity contribution is 6.31. The molecule has 6 rings (SSSR count). The van der Waals surface area contributed by atoms with Crippen molar-refractivity contribution in [1.82, 2.24) is 14.9 Å². The van der Waals surface area contributed by atoms with E-state index in [0.29, 0.717) is 71.2 Å². The number of fused-ring (bicyclic) bond motifs is 3. The lowest BCUT2D eigenvalue weighted by Crippen LogP contribution is -2.52. The summed E-state index contributed by atoms with van der Waals surface area (Å²) in [7, 11) is 0. The molecular formula is C29H24ClFN6O. The van der Waals surface area contributed by atoms with E-state index in [1.54, 1.807) is 53.6 Å². The molecule has 0 radical (unpaired) electrons. The number of benzene rings is 3. The highest BCUT2D eigenvalue weighted by atomic mass is 35.5. The Kier molecular flexibility index (Phi) is 6.35. The van der Waals surface area contributed by atoms with Crippen LogP contribution in [-0.2, 0) is 6.54 Å². The number of amides is 1. The van der Waals surface area contributed by atoms with Crippen LogP contribution in [0.25, 0.3) is 11.3 Å². The van der Waals surface area contributed by atoms with E-state index >= 15 is 0 Å². The van der Waals surface area contributed by atoms with Gasteiger partial charge in [0.1, 0.15) is 5.82 Å². The Balaban J connectivity index is 1.28. The SMILES string of the molecule is NCC1CN(C(=O)c2ccc(Nc3ncc4c(n3)-c3ccc(Cl)cc3C(c3ccccc3F)=NC4)cc2)C1. The van der Waals surface area contributed by atoms with Gasteiger partial charge in [-0.1, -0.05) is 29.8 Å². The van der Waals surface area contributed by atoms with Gasteiger partial charge in [0.05, 0.1) is 18.0 Å². The molecule has 3 N–H and O–H groups in total. The number of hydrogen-bond acceptors (Lipinski definition) is 6. The van der Waals surface area contributed by atoms with Crippen molar-refractivity contribution in [3.05, 3.63) is 106 Å². The van der Waals surface area contributed by atoms with Crippen LogP contribution in [-0.4, -0.2) is 46.1 Å². The van der Waals surface area contributed by atoms with Crippen LogP contribution in [0.4, 0.5) is 16.0 Å². The predicted molar refractivity (Wildman–Crippen MR) is 146 cm³/mol. The number of nitrogens with zero attached hydrogens (tertiary/aromatic N) is 4. The topological polar surface area (TPSA) is 96.5 Å². The summed E-state index contributed by atoms with van der Waals surface area (Å²) < 4.78 is 14.7. The zero-order valence-corrected chi connectivity index (χ0v) is 21.1. The molecule has 0 spiro atoms. The number of rotatable bonds is 5. The van der Waals surface area contributed by atoms with Crippen LogP contribution in [0.1, 0.15) is 27.0 Å². The molecule has 0 bridgehead atoms. The molecule has 0 unspecified atom stereocenters. The standard InChI is InChI=1S/C29H24ClFN6O/c30-20-7-10-22-24(11-20)27(23-3-1-2-4-25(23)31)33-13-19-14-34-29(36-26(19)22)35-21-8-5-18(6-9-21)28(38)37-15-17(12-32)16-37/h1-11,14,17H,12-13,15-16,32H2,(H,34,35,36). The fraction of sp³-hybridized carbons (Fsp3) is 0.172. The summed E-state index contributed by atoms with van der Waals surface area (Å²) in [5.74, 6) is 0.432. The Morgan fingerprint density at radius 2 is 1.84 bits per heavy atom. The number of aliphatic imine (C=N–C) groups is 1. The van der Waals surface area contributed by atoms with E-state index in [1.807, 2.05) is 18.2 Å². The van der Waals surface area contributed by atoms with Crippen molar-refractivity contribution in [2.24, 2.45) is 16.6 Å². The zero-order chi connectivity index (χ0) is 26.2. The minimum Gasteiger partial charge on any atom is -0.338 e. The number of likely N-dealkylation sites (tertiary alicyclic amines) is 1. The molecule has 0 saturated carbocycles. The summed E-state index contributed by atoms with van der Waals surface area (Å²) in [4.78, 5) is 28.4. The summed E-state index contributed by atoms with van der Waals surface area (Å²) >= 11 is 6.34. The third kappa shape index (κ3) is 4.53. The molecule has 1 saturated heterocycles. The number of nitrogens with one attached hydrogen (secondary N) is 1. The maximum absolute atomic E-state index is 14.7. The smallest absolute Gasteiger partial charge is 0.253 e. The summed E-state index contributed by atoms with van der Waals surface area (Å²) in [5, 5.41) is 3.74. The Hall–Kier alpha value is -4.14. The van der Waals surface area contributed by atoms with Gasteiger partial charge in [-0.2, -0.15) is 0 Å². The number of hydrogen-bond donors (Lipinski definition) is 2. The summed E-state index contributed by atoms with van der Waals surface area (Å²) in [6, 6.07) is 19.2. The molecule has 0 aliphatic carbocycles. The predicted octanol–water partition coefficient (Wildman–Crippen LogP) is 5.06. The lowest BCUT2D eigenvalue weighted by atomic mass is 9.95. The molecule has 1 fully saturated rings. The molecule has 4 aromatic rings. The van der Waals surface area contributed by atoms with Gasteiger partial charge in [-0.3, -0.25) is 9.79 Å². The van der Waals surface area contributed by atoms with Crippen molar-refractivity contribution in [2.75, 3.05) is 25.0 Å². The van der Waals surface area contributed by atoms with Crippen molar-refractivity contribution in [3.63, 3.8) is 0 Å². The molecule has 1 aromatic heterocycles. The molecule has 2 aliphatic heterocycles. The van der Waals surface area contributed by atoms with Crippen molar-refractivity contribution in [2.45, 2.75) is 6.54 Å². The first-order chi connectivity index (χ1) is 18.5. The normalized spacial score (nSPS) is 14.6. The maximum Gasteiger partial charge on any atom is 0.253 e. The summed E-state index contributed by atoms with van der Waals surface area (Å²) in [6.07, 6.45) is 1.73. The third-order valence-electron chi connectivity index (χ3n) is 6.86. The quantitative estimate of drug-likeness (QED) is 0.379. The van der Waals surface area contributed by atoms with E-state index in [1.165, 1.54) is 6.07 Å². The molecule has 38 heavy (non-hydrogen) atoms. The first-order valence-electron chi connectivity index (χ1n) is 12.3.